The van der Waals surface area contributed by atoms with Crippen molar-refractivity contribution in [2.24, 2.45) is 23.7 Å². The first-order valence-corrected chi connectivity index (χ1v) is 7.90. The van der Waals surface area contributed by atoms with Gasteiger partial charge in [0.1, 0.15) is 5.75 Å². The van der Waals surface area contributed by atoms with Gasteiger partial charge in [0, 0.05) is 17.1 Å². The summed E-state index contributed by atoms with van der Waals surface area (Å²) in [4.78, 5) is 24.0. The molecule has 4 unspecified atom stereocenters. The summed E-state index contributed by atoms with van der Waals surface area (Å²) in [5.41, 5.74) is 0.802. The Morgan fingerprint density at radius 2 is 2.00 bits per heavy atom. The highest BCUT2D eigenvalue weighted by Gasteiger charge is 2.51. The Labute approximate surface area is 139 Å². The first-order valence-electron chi connectivity index (χ1n) is 7.52. The van der Waals surface area contributed by atoms with Gasteiger partial charge < -0.3 is 15.2 Å². The molecule has 2 aliphatic carbocycles. The quantitative estimate of drug-likeness (QED) is 0.811. The lowest BCUT2D eigenvalue weighted by molar-refractivity contribution is -0.147. The van der Waals surface area contributed by atoms with Crippen LogP contribution in [0.15, 0.2) is 30.4 Å². The summed E-state index contributed by atoms with van der Waals surface area (Å²) in [5, 5.41) is 12.8. The molecule has 1 aromatic rings. The third kappa shape index (κ3) is 2.93. The van der Waals surface area contributed by atoms with Gasteiger partial charge >= 0.3 is 5.97 Å². The van der Waals surface area contributed by atoms with Crippen LogP contribution in [0.5, 0.6) is 5.75 Å². The molecule has 0 radical (unpaired) electrons. The van der Waals surface area contributed by atoms with Gasteiger partial charge in [-0.3, -0.25) is 9.59 Å². The van der Waals surface area contributed by atoms with Crippen LogP contribution in [-0.4, -0.2) is 24.1 Å². The highest BCUT2D eigenvalue weighted by Crippen LogP contribution is 2.48. The van der Waals surface area contributed by atoms with Gasteiger partial charge in [0.15, 0.2) is 0 Å². The van der Waals surface area contributed by atoms with E-state index in [9.17, 15) is 14.7 Å². The molecule has 5 nitrogen and oxygen atoms in total. The molecular weight excluding hydrogens is 318 g/mol. The van der Waals surface area contributed by atoms with E-state index in [0.717, 1.165) is 12.0 Å². The Balaban J connectivity index is 1.70. The SMILES string of the molecule is COc1cc(Cl)ccc1CNC(=O)C1C2C=CC(C2)C1C(=O)O. The van der Waals surface area contributed by atoms with Crippen LogP contribution in [0.25, 0.3) is 0 Å². The first-order chi connectivity index (χ1) is 11.0. The molecule has 1 saturated carbocycles. The zero-order chi connectivity index (χ0) is 16.6. The summed E-state index contributed by atoms with van der Waals surface area (Å²) in [6, 6.07) is 5.20. The second-order valence-electron chi connectivity index (χ2n) is 6.01. The summed E-state index contributed by atoms with van der Waals surface area (Å²) in [5.74, 6) is -1.65. The summed E-state index contributed by atoms with van der Waals surface area (Å²) >= 11 is 5.92. The largest absolute Gasteiger partial charge is 0.496 e. The zero-order valence-corrected chi connectivity index (χ0v) is 13.4. The molecule has 1 amide bonds. The maximum atomic E-state index is 12.5. The van der Waals surface area contributed by atoms with Gasteiger partial charge in [-0.15, -0.1) is 0 Å². The highest BCUT2D eigenvalue weighted by molar-refractivity contribution is 6.30. The Morgan fingerprint density at radius 1 is 1.30 bits per heavy atom. The Bertz CT molecular complexity index is 673. The van der Waals surface area contributed by atoms with E-state index >= 15 is 0 Å². The third-order valence-corrected chi connectivity index (χ3v) is 4.98. The molecule has 2 N–H and O–H groups in total. The fourth-order valence-electron chi connectivity index (χ4n) is 3.68. The number of allylic oxidation sites excluding steroid dienone is 2. The molecule has 6 heteroatoms. The molecule has 3 rings (SSSR count). The topological polar surface area (TPSA) is 75.6 Å². The predicted octanol–water partition coefficient (Wildman–Crippen LogP) is 2.49. The monoisotopic (exact) mass is 335 g/mol. The number of hydrogen-bond acceptors (Lipinski definition) is 3. The number of aliphatic carboxylic acids is 1. The molecule has 0 aromatic heterocycles. The molecular formula is C17H18ClNO4. The van der Waals surface area contributed by atoms with Crippen molar-refractivity contribution in [3.05, 3.63) is 40.9 Å². The number of amides is 1. The molecule has 0 heterocycles. The fourth-order valence-corrected chi connectivity index (χ4v) is 3.84. The molecule has 2 bridgehead atoms. The Kier molecular flexibility index (Phi) is 4.31. The van der Waals surface area contributed by atoms with Crippen LogP contribution >= 0.6 is 11.6 Å². The highest BCUT2D eigenvalue weighted by atomic mass is 35.5. The van der Waals surface area contributed by atoms with E-state index in [2.05, 4.69) is 5.32 Å². The summed E-state index contributed by atoms with van der Waals surface area (Å²) in [7, 11) is 1.54. The van der Waals surface area contributed by atoms with Gasteiger partial charge in [-0.1, -0.05) is 29.8 Å². The Morgan fingerprint density at radius 3 is 2.65 bits per heavy atom. The summed E-state index contributed by atoms with van der Waals surface area (Å²) in [6.07, 6.45) is 4.64. The van der Waals surface area contributed by atoms with Crippen molar-refractivity contribution in [2.75, 3.05) is 7.11 Å². The summed E-state index contributed by atoms with van der Waals surface area (Å²) < 4.78 is 5.25. The number of halogens is 1. The van der Waals surface area contributed by atoms with Gasteiger partial charge in [-0.2, -0.15) is 0 Å². The number of fused-ring (bicyclic) bond motifs is 2. The van der Waals surface area contributed by atoms with Gasteiger partial charge in [0.05, 0.1) is 18.9 Å². The van der Waals surface area contributed by atoms with Crippen molar-refractivity contribution in [3.8, 4) is 5.75 Å². The Hall–Kier alpha value is -2.01. The van der Waals surface area contributed by atoms with Gasteiger partial charge in [0.25, 0.3) is 0 Å². The van der Waals surface area contributed by atoms with Crippen molar-refractivity contribution >= 4 is 23.5 Å². The van der Waals surface area contributed by atoms with Crippen LogP contribution in [0, 0.1) is 23.7 Å². The molecule has 0 saturated heterocycles. The van der Waals surface area contributed by atoms with Crippen molar-refractivity contribution in [1.29, 1.82) is 0 Å². The summed E-state index contributed by atoms with van der Waals surface area (Å²) in [6.45, 7) is 0.281. The molecule has 1 aromatic carbocycles. The van der Waals surface area contributed by atoms with Crippen LogP contribution in [0.2, 0.25) is 5.02 Å². The van der Waals surface area contributed by atoms with Crippen LogP contribution < -0.4 is 10.1 Å². The van der Waals surface area contributed by atoms with Gasteiger partial charge in [-0.25, -0.2) is 0 Å². The van der Waals surface area contributed by atoms with E-state index in [1.165, 1.54) is 7.11 Å². The number of benzene rings is 1. The second-order valence-corrected chi connectivity index (χ2v) is 6.45. The van der Waals surface area contributed by atoms with E-state index in [-0.39, 0.29) is 24.3 Å². The van der Waals surface area contributed by atoms with Crippen molar-refractivity contribution in [3.63, 3.8) is 0 Å². The number of methoxy groups -OCH3 is 1. The molecule has 23 heavy (non-hydrogen) atoms. The lowest BCUT2D eigenvalue weighted by Crippen LogP contribution is -2.39. The lowest BCUT2D eigenvalue weighted by Gasteiger charge is -2.24. The van der Waals surface area contributed by atoms with Crippen LogP contribution in [0.4, 0.5) is 0 Å². The lowest BCUT2D eigenvalue weighted by atomic mass is 9.82. The number of carboxylic acids is 1. The number of carbonyl (C=O) groups excluding carboxylic acids is 1. The van der Waals surface area contributed by atoms with Crippen molar-refractivity contribution < 1.29 is 19.4 Å². The maximum absolute atomic E-state index is 12.5. The van der Waals surface area contributed by atoms with E-state index in [1.54, 1.807) is 18.2 Å². The van der Waals surface area contributed by atoms with Crippen LogP contribution in [0.3, 0.4) is 0 Å². The average Bonchev–Trinajstić information content (AvgIpc) is 3.14. The molecule has 2 aliphatic rings. The van der Waals surface area contributed by atoms with Gasteiger partial charge in [-0.05, 0) is 30.4 Å². The van der Waals surface area contributed by atoms with Crippen LogP contribution in [0.1, 0.15) is 12.0 Å². The number of carbonyl (C=O) groups is 2. The number of ether oxygens (including phenoxy) is 1. The standard InChI is InChI=1S/C17H18ClNO4/c1-23-13-7-12(18)5-4-11(13)8-19-16(20)14-9-2-3-10(6-9)15(14)17(21)22/h2-5,7,9-10,14-15H,6,8H2,1H3,(H,19,20)(H,21,22). The first kappa shape index (κ1) is 15.9. The number of hydrogen-bond donors (Lipinski definition) is 2. The minimum atomic E-state index is -0.897. The van der Waals surface area contributed by atoms with Crippen molar-refractivity contribution in [2.45, 2.75) is 13.0 Å². The molecule has 4 atom stereocenters. The van der Waals surface area contributed by atoms with Gasteiger partial charge in [0.2, 0.25) is 5.91 Å². The fraction of sp³-hybridized carbons (Fsp3) is 0.412. The molecule has 0 aliphatic heterocycles. The van der Waals surface area contributed by atoms with Crippen LogP contribution in [-0.2, 0) is 16.1 Å². The maximum Gasteiger partial charge on any atom is 0.307 e. The van der Waals surface area contributed by atoms with E-state index < -0.39 is 17.8 Å². The van der Waals surface area contributed by atoms with E-state index in [1.807, 2.05) is 12.2 Å². The minimum Gasteiger partial charge on any atom is -0.496 e. The zero-order valence-electron chi connectivity index (χ0n) is 12.7. The molecule has 1 fully saturated rings. The van der Waals surface area contributed by atoms with E-state index in [0.29, 0.717) is 10.8 Å². The third-order valence-electron chi connectivity index (χ3n) is 4.75. The molecule has 0 spiro atoms. The normalized spacial score (nSPS) is 27.9. The number of rotatable bonds is 5. The average molecular weight is 336 g/mol. The van der Waals surface area contributed by atoms with Crippen molar-refractivity contribution in [1.82, 2.24) is 5.32 Å². The minimum absolute atomic E-state index is 0.0215. The second kappa shape index (κ2) is 6.24. The molecule has 122 valence electrons. The van der Waals surface area contributed by atoms with E-state index in [4.69, 9.17) is 16.3 Å². The predicted molar refractivity (Wildman–Crippen MR) is 85.2 cm³/mol. The number of carboxylic acid groups (broad SMARTS) is 1. The smallest absolute Gasteiger partial charge is 0.307 e. The number of nitrogens with one attached hydrogen (secondary N) is 1.